The van der Waals surface area contributed by atoms with Crippen LogP contribution in [0.3, 0.4) is 0 Å². The second-order valence-corrected chi connectivity index (χ2v) is 5.70. The van der Waals surface area contributed by atoms with E-state index >= 15 is 0 Å². The molecule has 0 bridgehead atoms. The van der Waals surface area contributed by atoms with E-state index in [1.165, 1.54) is 0 Å². The lowest BCUT2D eigenvalue weighted by atomic mass is 10.0. The van der Waals surface area contributed by atoms with Gasteiger partial charge in [0.2, 0.25) is 0 Å². The number of alkyl halides is 1. The van der Waals surface area contributed by atoms with Crippen molar-refractivity contribution < 1.29 is 9.90 Å². The number of fused-ring (bicyclic) bond motifs is 1. The molecule has 0 aromatic carbocycles. The topological polar surface area (TPSA) is 62.5 Å². The lowest BCUT2D eigenvalue weighted by Gasteiger charge is -2.33. The van der Waals surface area contributed by atoms with Crippen molar-refractivity contribution in [2.75, 3.05) is 5.33 Å². The minimum absolute atomic E-state index is 0.479. The van der Waals surface area contributed by atoms with Crippen LogP contribution in [0.25, 0.3) is 0 Å². The van der Waals surface area contributed by atoms with Crippen molar-refractivity contribution in [2.45, 2.75) is 26.3 Å². The molecule has 1 aromatic rings. The molecule has 0 saturated heterocycles. The molecule has 1 amide bonds. The lowest BCUT2D eigenvalue weighted by Crippen LogP contribution is -2.60. The quantitative estimate of drug-likeness (QED) is 0.640. The molecule has 0 fully saturated rings. The van der Waals surface area contributed by atoms with Gasteiger partial charge in [-0.15, -0.1) is 0 Å². The van der Waals surface area contributed by atoms with E-state index in [0.29, 0.717) is 11.1 Å². The molecule has 0 spiro atoms. The van der Waals surface area contributed by atoms with Gasteiger partial charge in [0.15, 0.2) is 0 Å². The van der Waals surface area contributed by atoms with Crippen molar-refractivity contribution in [3.8, 4) is 0 Å². The van der Waals surface area contributed by atoms with Crippen LogP contribution in [0.4, 0.5) is 10.6 Å². The van der Waals surface area contributed by atoms with Gasteiger partial charge in [-0.3, -0.25) is 0 Å². The van der Waals surface area contributed by atoms with Gasteiger partial charge in [-0.2, -0.15) is 4.79 Å². The first kappa shape index (κ1) is 13.2. The highest BCUT2D eigenvalue weighted by Crippen LogP contribution is 2.40. The Morgan fingerprint density at radius 1 is 1.50 bits per heavy atom. The average Bonchev–Trinajstić information content (AvgIpc) is 2.64. The molecule has 6 heteroatoms. The molecule has 1 unspecified atom stereocenters. The number of pyridine rings is 1. The average molecular weight is 313 g/mol. The summed E-state index contributed by atoms with van der Waals surface area (Å²) in [6.45, 7) is 5.54. The van der Waals surface area contributed by atoms with Crippen LogP contribution in [0.15, 0.2) is 23.4 Å². The maximum Gasteiger partial charge on any atom is 0.548 e. The summed E-state index contributed by atoms with van der Waals surface area (Å²) in [6, 6.07) is 3.65. The number of hydrogen-bond acceptors (Lipinski definition) is 3. The van der Waals surface area contributed by atoms with Crippen molar-refractivity contribution >= 4 is 33.6 Å². The molecule has 1 aromatic heterocycles. The third kappa shape index (κ3) is 1.59. The van der Waals surface area contributed by atoms with Crippen molar-refractivity contribution in [1.82, 2.24) is 9.58 Å². The van der Waals surface area contributed by atoms with Crippen LogP contribution < -0.4 is 4.59 Å². The summed E-state index contributed by atoms with van der Waals surface area (Å²) in [7, 11) is 0. The smallest absolute Gasteiger partial charge is 0.433 e. The van der Waals surface area contributed by atoms with Crippen LogP contribution in [-0.2, 0) is 0 Å². The van der Waals surface area contributed by atoms with Gasteiger partial charge in [-0.1, -0.05) is 21.0 Å². The van der Waals surface area contributed by atoms with E-state index in [2.05, 4.69) is 26.0 Å². The van der Waals surface area contributed by atoms with Gasteiger partial charge in [0.25, 0.3) is 5.82 Å². The molecule has 1 aliphatic rings. The minimum Gasteiger partial charge on any atom is -0.433 e. The van der Waals surface area contributed by atoms with Crippen LogP contribution >= 0.6 is 15.9 Å². The van der Waals surface area contributed by atoms with Crippen LogP contribution in [0.2, 0.25) is 0 Å². The summed E-state index contributed by atoms with van der Waals surface area (Å²) in [5, 5.41) is 14.6. The highest BCUT2D eigenvalue weighted by Gasteiger charge is 2.57. The number of carboxylic acid groups (broad SMARTS) is 1. The summed E-state index contributed by atoms with van der Waals surface area (Å²) < 4.78 is -0.510. The molecule has 96 valence electrons. The molecule has 1 aliphatic heterocycles. The minimum atomic E-state index is -1.02. The Morgan fingerprint density at radius 3 is 2.67 bits per heavy atom. The normalized spacial score (nSPS) is 22.6. The summed E-state index contributed by atoms with van der Waals surface area (Å²) >= 11 is 3.35. The molecule has 2 heterocycles. The van der Waals surface area contributed by atoms with Crippen molar-refractivity contribution in [3.05, 3.63) is 23.9 Å². The highest BCUT2D eigenvalue weighted by atomic mass is 79.9. The van der Waals surface area contributed by atoms with Gasteiger partial charge in [0.05, 0.1) is 10.9 Å². The largest absolute Gasteiger partial charge is 0.548 e. The molecule has 0 aliphatic carbocycles. The maximum atomic E-state index is 11.8. The fraction of sp³-hybridized carbons (Fsp3) is 0.417. The molecule has 1 atom stereocenters. The molecule has 1 N–H and O–H groups in total. The summed E-state index contributed by atoms with van der Waals surface area (Å²) in [5.41, 5.74) is 0.904. The first-order chi connectivity index (χ1) is 8.34. The van der Waals surface area contributed by atoms with Gasteiger partial charge in [-0.25, -0.2) is 4.98 Å². The second kappa shape index (κ2) is 4.13. The Kier molecular flexibility index (Phi) is 3.03. The monoisotopic (exact) mass is 312 g/mol. The summed E-state index contributed by atoms with van der Waals surface area (Å²) in [6.07, 6.45) is 0.589. The number of rotatable bonds is 1. The number of aromatic nitrogens is 1. The van der Waals surface area contributed by atoms with Crippen LogP contribution in [-0.4, -0.2) is 32.8 Å². The van der Waals surface area contributed by atoms with Gasteiger partial charge in [0, 0.05) is 6.20 Å². The molecule has 0 radical (unpaired) electrons. The zero-order valence-corrected chi connectivity index (χ0v) is 12.1. The van der Waals surface area contributed by atoms with E-state index in [4.69, 9.17) is 0 Å². The molecular formula is C12H15BrN3O2+. The van der Waals surface area contributed by atoms with Crippen LogP contribution in [0.1, 0.15) is 26.3 Å². The van der Waals surface area contributed by atoms with Crippen LogP contribution in [0, 0.1) is 0 Å². The van der Waals surface area contributed by atoms with Crippen molar-refractivity contribution in [3.63, 3.8) is 0 Å². The Labute approximate surface area is 114 Å². The van der Waals surface area contributed by atoms with Gasteiger partial charge in [-0.05, 0) is 37.5 Å². The second-order valence-electron chi connectivity index (χ2n) is 5.14. The Balaban J connectivity index is 2.78. The number of amides is 1. The van der Waals surface area contributed by atoms with E-state index < -0.39 is 16.2 Å². The fourth-order valence-corrected chi connectivity index (χ4v) is 2.56. The number of nitrogens with zero attached hydrogens (tertiary/aromatic N) is 3. The summed E-state index contributed by atoms with van der Waals surface area (Å²) in [5.74, 6) is 0.479. The molecular weight excluding hydrogens is 298 g/mol. The van der Waals surface area contributed by atoms with Gasteiger partial charge < -0.3 is 5.11 Å². The first-order valence-electron chi connectivity index (χ1n) is 5.58. The van der Waals surface area contributed by atoms with Crippen molar-refractivity contribution in [1.29, 1.82) is 0 Å². The zero-order valence-electron chi connectivity index (χ0n) is 10.5. The van der Waals surface area contributed by atoms with E-state index in [1.807, 2.05) is 26.8 Å². The maximum absolute atomic E-state index is 11.8. The number of quaternary nitrogens is 1. The molecule has 0 saturated carbocycles. The van der Waals surface area contributed by atoms with E-state index in [9.17, 15) is 9.90 Å². The molecule has 2 rings (SSSR count). The SMILES string of the molecule is CC(C)(C)[N+]1(C(=O)O)N=C(CBr)c2cccnc21. The van der Waals surface area contributed by atoms with Crippen LogP contribution in [0.5, 0.6) is 0 Å². The predicted octanol–water partition coefficient (Wildman–Crippen LogP) is 2.98. The summed E-state index contributed by atoms with van der Waals surface area (Å²) in [4.78, 5) is 16.1. The third-order valence-electron chi connectivity index (χ3n) is 3.05. The van der Waals surface area contributed by atoms with E-state index in [0.717, 1.165) is 11.3 Å². The lowest BCUT2D eigenvalue weighted by molar-refractivity contribution is 0.105. The predicted molar refractivity (Wildman–Crippen MR) is 74.1 cm³/mol. The molecule has 18 heavy (non-hydrogen) atoms. The standard InChI is InChI=1S/C12H14BrN3O2/c1-12(2,3)16(11(17)18)10-8(5-4-6-14-10)9(7-13)15-16/h4-6H,7H2,1-3H3/p+1. The Hall–Kier alpha value is -1.27. The number of halogens is 1. The Bertz CT molecular complexity index is 536. The third-order valence-corrected chi connectivity index (χ3v) is 3.58. The van der Waals surface area contributed by atoms with Crippen molar-refractivity contribution in [2.24, 2.45) is 5.10 Å². The van der Waals surface area contributed by atoms with E-state index in [1.54, 1.807) is 12.3 Å². The number of carbonyl (C=O) groups is 1. The fourth-order valence-electron chi connectivity index (χ4n) is 2.15. The highest BCUT2D eigenvalue weighted by molar-refractivity contribution is 9.09. The van der Waals surface area contributed by atoms with Gasteiger partial charge >= 0.3 is 6.09 Å². The Morgan fingerprint density at radius 2 is 2.17 bits per heavy atom. The molecule has 5 nitrogen and oxygen atoms in total. The van der Waals surface area contributed by atoms with E-state index in [-0.39, 0.29) is 0 Å². The van der Waals surface area contributed by atoms with Gasteiger partial charge in [0.1, 0.15) is 11.3 Å². The zero-order chi connectivity index (χ0) is 13.6. The number of hydrogen-bond donors (Lipinski definition) is 1. The first-order valence-corrected chi connectivity index (χ1v) is 6.70.